The maximum atomic E-state index is 13.3. The van der Waals surface area contributed by atoms with Crippen molar-refractivity contribution < 1.29 is 14.3 Å². The highest BCUT2D eigenvalue weighted by atomic mass is 79.9. The molecule has 0 radical (unpaired) electrons. The molecule has 0 aromatic heterocycles. The van der Waals surface area contributed by atoms with Crippen LogP contribution in [0.1, 0.15) is 16.7 Å². The molecule has 0 bridgehead atoms. The molecule has 6 heteroatoms. The molecular formula is C26H27BrN2O3. The minimum absolute atomic E-state index is 0.157. The van der Waals surface area contributed by atoms with Crippen molar-refractivity contribution in [3.63, 3.8) is 0 Å². The number of amides is 2. The van der Waals surface area contributed by atoms with Crippen molar-refractivity contribution in [3.8, 4) is 5.75 Å². The number of hydrogen-bond acceptors (Lipinski definition) is 3. The van der Waals surface area contributed by atoms with Crippen LogP contribution in [0.4, 0.5) is 0 Å². The van der Waals surface area contributed by atoms with Crippen molar-refractivity contribution in [2.75, 3.05) is 13.7 Å². The Kier molecular flexibility index (Phi) is 8.45. The maximum Gasteiger partial charge on any atom is 0.261 e. The third-order valence-corrected chi connectivity index (χ3v) is 5.70. The summed E-state index contributed by atoms with van der Waals surface area (Å²) in [5.41, 5.74) is 3.07. The van der Waals surface area contributed by atoms with E-state index in [9.17, 15) is 9.59 Å². The first-order valence-corrected chi connectivity index (χ1v) is 11.2. The summed E-state index contributed by atoms with van der Waals surface area (Å²) in [6.07, 6.45) is 0.413. The summed E-state index contributed by atoms with van der Waals surface area (Å²) in [5, 5.41) is 2.72. The van der Waals surface area contributed by atoms with Crippen molar-refractivity contribution in [3.05, 3.63) is 100 Å². The Morgan fingerprint density at radius 3 is 2.22 bits per heavy atom. The maximum absolute atomic E-state index is 13.3. The highest BCUT2D eigenvalue weighted by Gasteiger charge is 2.30. The zero-order chi connectivity index (χ0) is 22.9. The van der Waals surface area contributed by atoms with E-state index in [0.29, 0.717) is 18.7 Å². The van der Waals surface area contributed by atoms with Gasteiger partial charge in [0.25, 0.3) is 5.91 Å². The van der Waals surface area contributed by atoms with E-state index in [1.54, 1.807) is 24.1 Å². The Balaban J connectivity index is 1.85. The standard InChI is InChI=1S/C26H27BrN2O3/c1-19-8-10-21(11-9-19)17-29(25(30)18-32-23-14-12-22(27)13-15-23)24(26(31)28-2)16-20-6-4-3-5-7-20/h3-15,24H,16-18H2,1-2H3,(H,28,31). The van der Waals surface area contributed by atoms with Gasteiger partial charge in [0.1, 0.15) is 11.8 Å². The number of hydrogen-bond donors (Lipinski definition) is 1. The minimum Gasteiger partial charge on any atom is -0.484 e. The highest BCUT2D eigenvalue weighted by Crippen LogP contribution is 2.18. The van der Waals surface area contributed by atoms with E-state index in [-0.39, 0.29) is 18.4 Å². The van der Waals surface area contributed by atoms with Gasteiger partial charge in [-0.2, -0.15) is 0 Å². The van der Waals surface area contributed by atoms with E-state index >= 15 is 0 Å². The number of halogens is 1. The highest BCUT2D eigenvalue weighted by molar-refractivity contribution is 9.10. The lowest BCUT2D eigenvalue weighted by molar-refractivity contribution is -0.142. The summed E-state index contributed by atoms with van der Waals surface area (Å²) < 4.78 is 6.66. The molecule has 1 N–H and O–H groups in total. The SMILES string of the molecule is CNC(=O)C(Cc1ccccc1)N(Cc1ccc(C)cc1)C(=O)COc1ccc(Br)cc1. The Morgan fingerprint density at radius 1 is 0.938 bits per heavy atom. The quantitative estimate of drug-likeness (QED) is 0.475. The predicted molar refractivity (Wildman–Crippen MR) is 129 cm³/mol. The second-order valence-corrected chi connectivity index (χ2v) is 8.49. The second kappa shape index (κ2) is 11.5. The lowest BCUT2D eigenvalue weighted by atomic mass is 10.0. The predicted octanol–water partition coefficient (Wildman–Crippen LogP) is 4.52. The number of carbonyl (C=O) groups excluding carboxylic acids is 2. The van der Waals surface area contributed by atoms with Gasteiger partial charge in [-0.1, -0.05) is 76.1 Å². The molecule has 3 aromatic carbocycles. The molecule has 0 aliphatic carbocycles. The average Bonchev–Trinajstić information content (AvgIpc) is 2.82. The summed E-state index contributed by atoms with van der Waals surface area (Å²) in [4.78, 5) is 27.8. The van der Waals surface area contributed by atoms with Crippen LogP contribution in [0.5, 0.6) is 5.75 Å². The number of likely N-dealkylation sites (N-methyl/N-ethyl adjacent to an activating group) is 1. The van der Waals surface area contributed by atoms with Gasteiger partial charge in [-0.05, 0) is 42.3 Å². The molecule has 0 heterocycles. The number of nitrogens with zero attached hydrogens (tertiary/aromatic N) is 1. The van der Waals surface area contributed by atoms with Crippen molar-refractivity contribution in [2.24, 2.45) is 0 Å². The van der Waals surface area contributed by atoms with Gasteiger partial charge >= 0.3 is 0 Å². The van der Waals surface area contributed by atoms with Crippen LogP contribution in [0.3, 0.4) is 0 Å². The summed E-state index contributed by atoms with van der Waals surface area (Å²) >= 11 is 3.39. The number of aryl methyl sites for hydroxylation is 1. The monoisotopic (exact) mass is 494 g/mol. The molecule has 32 heavy (non-hydrogen) atoms. The van der Waals surface area contributed by atoms with E-state index in [4.69, 9.17) is 4.74 Å². The van der Waals surface area contributed by atoms with E-state index in [2.05, 4.69) is 21.2 Å². The number of nitrogens with one attached hydrogen (secondary N) is 1. The van der Waals surface area contributed by atoms with Crippen LogP contribution in [0.15, 0.2) is 83.3 Å². The van der Waals surface area contributed by atoms with Gasteiger partial charge in [0.15, 0.2) is 6.61 Å². The van der Waals surface area contributed by atoms with Crippen molar-refractivity contribution in [2.45, 2.75) is 25.9 Å². The molecule has 2 amide bonds. The Bertz CT molecular complexity index is 1020. The molecule has 0 saturated carbocycles. The van der Waals surface area contributed by atoms with Crippen LogP contribution in [-0.2, 0) is 22.6 Å². The van der Waals surface area contributed by atoms with Gasteiger partial charge in [-0.3, -0.25) is 9.59 Å². The van der Waals surface area contributed by atoms with Gasteiger partial charge in [0.05, 0.1) is 0 Å². The van der Waals surface area contributed by atoms with E-state index in [0.717, 1.165) is 21.2 Å². The lowest BCUT2D eigenvalue weighted by Crippen LogP contribution is -2.51. The topological polar surface area (TPSA) is 58.6 Å². The molecule has 3 aromatic rings. The number of benzene rings is 3. The Hall–Kier alpha value is -3.12. The molecule has 5 nitrogen and oxygen atoms in total. The van der Waals surface area contributed by atoms with Gasteiger partial charge in [0, 0.05) is 24.5 Å². The molecule has 1 atom stereocenters. The zero-order valence-corrected chi connectivity index (χ0v) is 19.8. The average molecular weight is 495 g/mol. The molecule has 0 saturated heterocycles. The van der Waals surface area contributed by atoms with Crippen molar-refractivity contribution in [1.29, 1.82) is 0 Å². The summed E-state index contributed by atoms with van der Waals surface area (Å²) in [6, 6.07) is 24.3. The van der Waals surface area contributed by atoms with Crippen LogP contribution in [0.25, 0.3) is 0 Å². The van der Waals surface area contributed by atoms with Gasteiger partial charge in [-0.15, -0.1) is 0 Å². The van der Waals surface area contributed by atoms with Crippen LogP contribution < -0.4 is 10.1 Å². The van der Waals surface area contributed by atoms with Gasteiger partial charge in [-0.25, -0.2) is 0 Å². The molecule has 0 fully saturated rings. The molecule has 166 valence electrons. The molecule has 3 rings (SSSR count). The first-order chi connectivity index (χ1) is 15.5. The molecular weight excluding hydrogens is 468 g/mol. The molecule has 0 aliphatic rings. The van der Waals surface area contributed by atoms with Crippen LogP contribution in [0.2, 0.25) is 0 Å². The van der Waals surface area contributed by atoms with Gasteiger partial charge in [0.2, 0.25) is 5.91 Å². The first kappa shape index (κ1) is 23.5. The van der Waals surface area contributed by atoms with E-state index in [1.165, 1.54) is 0 Å². The van der Waals surface area contributed by atoms with Crippen molar-refractivity contribution >= 4 is 27.7 Å². The smallest absolute Gasteiger partial charge is 0.261 e. The fourth-order valence-electron chi connectivity index (χ4n) is 3.37. The summed E-state index contributed by atoms with van der Waals surface area (Å²) in [7, 11) is 1.59. The largest absolute Gasteiger partial charge is 0.484 e. The van der Waals surface area contributed by atoms with Crippen LogP contribution in [0, 0.1) is 6.92 Å². The van der Waals surface area contributed by atoms with Gasteiger partial charge < -0.3 is 15.0 Å². The van der Waals surface area contributed by atoms with E-state index in [1.807, 2.05) is 73.7 Å². The zero-order valence-electron chi connectivity index (χ0n) is 18.3. The van der Waals surface area contributed by atoms with Crippen molar-refractivity contribution in [1.82, 2.24) is 10.2 Å². The summed E-state index contributed by atoms with van der Waals surface area (Å²) in [6.45, 7) is 2.17. The second-order valence-electron chi connectivity index (χ2n) is 7.57. The summed E-state index contributed by atoms with van der Waals surface area (Å²) in [5.74, 6) is 0.132. The lowest BCUT2D eigenvalue weighted by Gasteiger charge is -2.31. The number of ether oxygens (including phenoxy) is 1. The molecule has 0 aliphatic heterocycles. The molecule has 0 spiro atoms. The normalized spacial score (nSPS) is 11.5. The third-order valence-electron chi connectivity index (χ3n) is 5.17. The fourth-order valence-corrected chi connectivity index (χ4v) is 3.63. The Morgan fingerprint density at radius 2 is 1.59 bits per heavy atom. The first-order valence-electron chi connectivity index (χ1n) is 10.4. The van der Waals surface area contributed by atoms with Crippen LogP contribution in [-0.4, -0.2) is 36.4 Å². The molecule has 1 unspecified atom stereocenters. The minimum atomic E-state index is -0.662. The number of carbonyl (C=O) groups is 2. The fraction of sp³-hybridized carbons (Fsp3) is 0.231. The Labute approximate surface area is 197 Å². The van der Waals surface area contributed by atoms with E-state index < -0.39 is 6.04 Å². The number of rotatable bonds is 9. The van der Waals surface area contributed by atoms with Crippen LogP contribution >= 0.6 is 15.9 Å². The third kappa shape index (κ3) is 6.69.